The number of nitrogens with two attached hydrogens (primary N) is 1. The lowest BCUT2D eigenvalue weighted by Gasteiger charge is -2.19. The first-order valence-corrected chi connectivity index (χ1v) is 7.82. The normalized spacial score (nSPS) is 21.7. The molecule has 1 fully saturated rings. The van der Waals surface area contributed by atoms with Gasteiger partial charge in [-0.15, -0.1) is 0 Å². The number of nitrogens with zero attached hydrogens (tertiary/aromatic N) is 1. The van der Waals surface area contributed by atoms with Crippen LogP contribution in [0.1, 0.15) is 30.9 Å². The molecular weight excluding hydrogens is 304 g/mol. The maximum absolute atomic E-state index is 8.96. The van der Waals surface area contributed by atoms with E-state index in [1.807, 2.05) is 12.1 Å². The molecular formula is C15H23BrN2O. The Bertz CT molecular complexity index is 399. The zero-order valence-corrected chi connectivity index (χ0v) is 12.8. The summed E-state index contributed by atoms with van der Waals surface area (Å²) in [6, 6.07) is 8.36. The molecule has 1 aliphatic rings. The van der Waals surface area contributed by atoms with Gasteiger partial charge < -0.3 is 15.7 Å². The fourth-order valence-electron chi connectivity index (χ4n) is 2.76. The molecule has 1 aliphatic heterocycles. The molecule has 2 atom stereocenters. The molecule has 19 heavy (non-hydrogen) atoms. The van der Waals surface area contributed by atoms with Gasteiger partial charge in [0.25, 0.3) is 0 Å². The maximum Gasteiger partial charge on any atom is 0.0434 e. The van der Waals surface area contributed by atoms with Crippen molar-refractivity contribution >= 4 is 15.9 Å². The first-order chi connectivity index (χ1) is 9.19. The van der Waals surface area contributed by atoms with E-state index in [4.69, 9.17) is 10.8 Å². The Balaban J connectivity index is 1.76. The van der Waals surface area contributed by atoms with E-state index in [0.717, 1.165) is 36.9 Å². The van der Waals surface area contributed by atoms with E-state index in [9.17, 15) is 0 Å². The van der Waals surface area contributed by atoms with Gasteiger partial charge in [0.2, 0.25) is 0 Å². The van der Waals surface area contributed by atoms with Crippen LogP contribution in [-0.2, 0) is 0 Å². The second-order valence-corrected chi connectivity index (χ2v) is 6.33. The fraction of sp³-hybridized carbons (Fsp3) is 0.600. The van der Waals surface area contributed by atoms with Crippen molar-refractivity contribution in [3.05, 3.63) is 34.3 Å². The Hall–Kier alpha value is -0.420. The first-order valence-electron chi connectivity index (χ1n) is 7.03. The predicted molar refractivity (Wildman–Crippen MR) is 81.9 cm³/mol. The molecule has 0 saturated carbocycles. The Morgan fingerprint density at radius 2 is 2.32 bits per heavy atom. The van der Waals surface area contributed by atoms with Crippen LogP contribution in [0.5, 0.6) is 0 Å². The predicted octanol–water partition coefficient (Wildman–Crippen LogP) is 2.54. The summed E-state index contributed by atoms with van der Waals surface area (Å²) in [6.45, 7) is 3.63. The Morgan fingerprint density at radius 1 is 1.47 bits per heavy atom. The minimum atomic E-state index is 0.106. The van der Waals surface area contributed by atoms with E-state index >= 15 is 0 Å². The number of aliphatic hydroxyl groups is 1. The molecule has 2 unspecified atom stereocenters. The zero-order valence-electron chi connectivity index (χ0n) is 11.3. The quantitative estimate of drug-likeness (QED) is 0.844. The molecule has 1 heterocycles. The minimum Gasteiger partial charge on any atom is -0.396 e. The topological polar surface area (TPSA) is 49.5 Å². The van der Waals surface area contributed by atoms with Crippen molar-refractivity contribution in [3.63, 3.8) is 0 Å². The molecule has 3 N–H and O–H groups in total. The van der Waals surface area contributed by atoms with Gasteiger partial charge >= 0.3 is 0 Å². The largest absolute Gasteiger partial charge is 0.396 e. The number of hydrogen-bond donors (Lipinski definition) is 2. The summed E-state index contributed by atoms with van der Waals surface area (Å²) in [5.41, 5.74) is 7.44. The van der Waals surface area contributed by atoms with Gasteiger partial charge in [-0.2, -0.15) is 0 Å². The lowest BCUT2D eigenvalue weighted by atomic mass is 10.0. The monoisotopic (exact) mass is 326 g/mol. The molecule has 0 amide bonds. The lowest BCUT2D eigenvalue weighted by Crippen LogP contribution is -2.25. The van der Waals surface area contributed by atoms with Crippen molar-refractivity contribution in [2.75, 3.05) is 26.2 Å². The van der Waals surface area contributed by atoms with Crippen molar-refractivity contribution < 1.29 is 5.11 Å². The standard InChI is InChI=1S/C15H23BrN2O/c16-14-3-1-2-13(10-14)15(17)5-8-18-7-4-12(11-18)6-9-19/h1-3,10,12,15,19H,4-9,11,17H2. The van der Waals surface area contributed by atoms with Gasteiger partial charge in [0.15, 0.2) is 0 Å². The summed E-state index contributed by atoms with van der Waals surface area (Å²) in [5, 5.41) is 8.96. The average molecular weight is 327 g/mol. The number of rotatable bonds is 6. The van der Waals surface area contributed by atoms with Crippen LogP contribution in [-0.4, -0.2) is 36.2 Å². The molecule has 1 saturated heterocycles. The van der Waals surface area contributed by atoms with E-state index in [0.29, 0.717) is 12.5 Å². The van der Waals surface area contributed by atoms with Gasteiger partial charge in [-0.3, -0.25) is 0 Å². The summed E-state index contributed by atoms with van der Waals surface area (Å²) in [7, 11) is 0. The van der Waals surface area contributed by atoms with Crippen LogP contribution in [0, 0.1) is 5.92 Å². The molecule has 106 valence electrons. The zero-order chi connectivity index (χ0) is 13.7. The van der Waals surface area contributed by atoms with Crippen molar-refractivity contribution in [3.8, 4) is 0 Å². The van der Waals surface area contributed by atoms with Gasteiger partial charge in [0.1, 0.15) is 0 Å². The van der Waals surface area contributed by atoms with Gasteiger partial charge in [0.05, 0.1) is 0 Å². The van der Waals surface area contributed by atoms with Crippen molar-refractivity contribution in [1.82, 2.24) is 4.90 Å². The number of hydrogen-bond acceptors (Lipinski definition) is 3. The third-order valence-electron chi connectivity index (χ3n) is 3.94. The highest BCUT2D eigenvalue weighted by atomic mass is 79.9. The van der Waals surface area contributed by atoms with Crippen LogP contribution < -0.4 is 5.73 Å². The minimum absolute atomic E-state index is 0.106. The number of benzene rings is 1. The van der Waals surface area contributed by atoms with E-state index in [-0.39, 0.29) is 6.04 Å². The highest BCUT2D eigenvalue weighted by Crippen LogP contribution is 2.22. The van der Waals surface area contributed by atoms with Crippen LogP contribution in [0.3, 0.4) is 0 Å². The lowest BCUT2D eigenvalue weighted by molar-refractivity contribution is 0.249. The fourth-order valence-corrected chi connectivity index (χ4v) is 3.18. The summed E-state index contributed by atoms with van der Waals surface area (Å²) in [6.07, 6.45) is 3.14. The number of aliphatic hydroxyl groups excluding tert-OH is 1. The Labute approximate surface area is 123 Å². The molecule has 3 nitrogen and oxygen atoms in total. The third-order valence-corrected chi connectivity index (χ3v) is 4.43. The summed E-state index contributed by atoms with van der Waals surface area (Å²) in [5.74, 6) is 0.673. The highest BCUT2D eigenvalue weighted by Gasteiger charge is 2.22. The van der Waals surface area contributed by atoms with E-state index in [1.165, 1.54) is 12.0 Å². The van der Waals surface area contributed by atoms with Gasteiger partial charge in [-0.1, -0.05) is 28.1 Å². The highest BCUT2D eigenvalue weighted by molar-refractivity contribution is 9.10. The first kappa shape index (κ1) is 15.0. The third kappa shape index (κ3) is 4.56. The maximum atomic E-state index is 8.96. The van der Waals surface area contributed by atoms with Crippen LogP contribution in [0.2, 0.25) is 0 Å². The van der Waals surface area contributed by atoms with E-state index in [2.05, 4.69) is 33.0 Å². The second-order valence-electron chi connectivity index (χ2n) is 5.42. The molecule has 0 aromatic heterocycles. The van der Waals surface area contributed by atoms with E-state index in [1.54, 1.807) is 0 Å². The summed E-state index contributed by atoms with van der Waals surface area (Å²) < 4.78 is 1.09. The Kier molecular flexibility index (Phi) is 5.82. The second kappa shape index (κ2) is 7.39. The molecule has 1 aromatic carbocycles. The average Bonchev–Trinajstić information content (AvgIpc) is 2.84. The van der Waals surface area contributed by atoms with Crippen LogP contribution in [0.15, 0.2) is 28.7 Å². The number of likely N-dealkylation sites (tertiary alicyclic amines) is 1. The molecule has 2 rings (SSSR count). The molecule has 0 bridgehead atoms. The van der Waals surface area contributed by atoms with Crippen molar-refractivity contribution in [2.45, 2.75) is 25.3 Å². The SMILES string of the molecule is NC(CCN1CCC(CCO)C1)c1cccc(Br)c1. The summed E-state index contributed by atoms with van der Waals surface area (Å²) >= 11 is 3.48. The molecule has 0 aliphatic carbocycles. The van der Waals surface area contributed by atoms with Crippen molar-refractivity contribution in [1.29, 1.82) is 0 Å². The smallest absolute Gasteiger partial charge is 0.0434 e. The molecule has 1 aromatic rings. The molecule has 0 radical (unpaired) electrons. The van der Waals surface area contributed by atoms with Crippen molar-refractivity contribution in [2.24, 2.45) is 11.7 Å². The Morgan fingerprint density at radius 3 is 3.05 bits per heavy atom. The van der Waals surface area contributed by atoms with Crippen LogP contribution in [0.4, 0.5) is 0 Å². The van der Waals surface area contributed by atoms with Crippen LogP contribution >= 0.6 is 15.9 Å². The van der Waals surface area contributed by atoms with Gasteiger partial charge in [-0.25, -0.2) is 0 Å². The van der Waals surface area contributed by atoms with Gasteiger partial charge in [-0.05, 0) is 56.0 Å². The molecule has 0 spiro atoms. The summed E-state index contributed by atoms with van der Waals surface area (Å²) in [4.78, 5) is 2.47. The van der Waals surface area contributed by atoms with Gasteiger partial charge in [0, 0.05) is 23.7 Å². The van der Waals surface area contributed by atoms with E-state index < -0.39 is 0 Å². The number of halogens is 1. The van der Waals surface area contributed by atoms with Crippen LogP contribution in [0.25, 0.3) is 0 Å². The molecule has 4 heteroatoms.